The van der Waals surface area contributed by atoms with E-state index in [-0.39, 0.29) is 0 Å². The van der Waals surface area contributed by atoms with Gasteiger partial charge in [0.2, 0.25) is 5.95 Å². The van der Waals surface area contributed by atoms with Crippen LogP contribution in [0.1, 0.15) is 13.3 Å². The Balaban J connectivity index is 2.23. The number of tetrazole rings is 1. The van der Waals surface area contributed by atoms with E-state index in [0.717, 1.165) is 18.9 Å². The fourth-order valence-electron chi connectivity index (χ4n) is 1.96. The third kappa shape index (κ3) is 1.45. The molecule has 2 atom stereocenters. The number of nitrogens with zero attached hydrogens (tertiary/aromatic N) is 5. The quantitative estimate of drug-likeness (QED) is 0.681. The predicted octanol–water partition coefficient (Wildman–Crippen LogP) is 0.664. The van der Waals surface area contributed by atoms with Crippen molar-refractivity contribution in [1.29, 1.82) is 0 Å². The number of anilines is 1. The molecule has 5 nitrogen and oxygen atoms in total. The molecule has 2 rings (SSSR count). The van der Waals surface area contributed by atoms with Gasteiger partial charge in [-0.15, -0.1) is 11.6 Å². The number of hydrogen-bond acceptors (Lipinski definition) is 4. The normalized spacial score (nSPS) is 27.2. The second-order valence-electron chi connectivity index (χ2n) is 3.78. The molecule has 1 aliphatic heterocycles. The molecule has 1 fully saturated rings. The van der Waals surface area contributed by atoms with Crippen molar-refractivity contribution in [2.24, 2.45) is 13.0 Å². The highest BCUT2D eigenvalue weighted by atomic mass is 35.5. The molecule has 2 unspecified atom stereocenters. The summed E-state index contributed by atoms with van der Waals surface area (Å²) in [5.41, 5.74) is 0. The van der Waals surface area contributed by atoms with Gasteiger partial charge < -0.3 is 4.90 Å². The summed E-state index contributed by atoms with van der Waals surface area (Å²) in [5.74, 6) is 2.07. The Morgan fingerprint density at radius 1 is 1.57 bits per heavy atom. The lowest BCUT2D eigenvalue weighted by atomic mass is 10.1. The zero-order valence-corrected chi connectivity index (χ0v) is 9.15. The van der Waals surface area contributed by atoms with Crippen LogP contribution >= 0.6 is 11.6 Å². The van der Waals surface area contributed by atoms with Crippen LogP contribution in [0.5, 0.6) is 0 Å². The fourth-order valence-corrected chi connectivity index (χ4v) is 2.43. The number of aryl methyl sites for hydroxylation is 1. The lowest BCUT2D eigenvalue weighted by Crippen LogP contribution is -2.35. The first kappa shape index (κ1) is 9.71. The van der Waals surface area contributed by atoms with E-state index in [0.29, 0.717) is 17.8 Å². The smallest absolute Gasteiger partial charge is 0.245 e. The molecule has 1 aromatic rings. The summed E-state index contributed by atoms with van der Waals surface area (Å²) in [6, 6.07) is 0.362. The van der Waals surface area contributed by atoms with Crippen LogP contribution in [-0.2, 0) is 7.05 Å². The molecule has 6 heteroatoms. The van der Waals surface area contributed by atoms with Crippen LogP contribution < -0.4 is 4.90 Å². The van der Waals surface area contributed by atoms with Crippen molar-refractivity contribution in [3.63, 3.8) is 0 Å². The summed E-state index contributed by atoms with van der Waals surface area (Å²) in [6.45, 7) is 3.21. The lowest BCUT2D eigenvalue weighted by molar-refractivity contribution is 0.542. The molecule has 14 heavy (non-hydrogen) atoms. The third-order valence-corrected chi connectivity index (χ3v) is 3.21. The number of alkyl halides is 1. The Labute approximate surface area is 88.0 Å². The first-order chi connectivity index (χ1) is 6.74. The Morgan fingerprint density at radius 2 is 2.36 bits per heavy atom. The predicted molar refractivity (Wildman–Crippen MR) is 54.4 cm³/mol. The summed E-state index contributed by atoms with van der Waals surface area (Å²) in [6.07, 6.45) is 1.16. The third-order valence-electron chi connectivity index (χ3n) is 2.90. The van der Waals surface area contributed by atoms with Gasteiger partial charge in [-0.05, 0) is 22.8 Å². The van der Waals surface area contributed by atoms with Gasteiger partial charge in [0.15, 0.2) is 0 Å². The van der Waals surface area contributed by atoms with Crippen LogP contribution in [0.2, 0.25) is 0 Å². The maximum absolute atomic E-state index is 5.95. The first-order valence-corrected chi connectivity index (χ1v) is 5.32. The molecule has 0 N–H and O–H groups in total. The number of hydrogen-bond donors (Lipinski definition) is 0. The zero-order valence-electron chi connectivity index (χ0n) is 8.39. The van der Waals surface area contributed by atoms with E-state index in [1.165, 1.54) is 0 Å². The van der Waals surface area contributed by atoms with Gasteiger partial charge in [0.05, 0.1) is 0 Å². The molecule has 2 heterocycles. The van der Waals surface area contributed by atoms with Crippen LogP contribution in [-0.4, -0.2) is 38.7 Å². The van der Waals surface area contributed by atoms with Crippen molar-refractivity contribution in [2.45, 2.75) is 19.4 Å². The molecule has 0 radical (unpaired) electrons. The summed E-state index contributed by atoms with van der Waals surface area (Å²) < 4.78 is 1.69. The standard InChI is InChI=1S/C8H14ClN5/c1-6-3-4-14(7(6)5-9)8-10-11-12-13(8)2/h6-7H,3-5H2,1-2H3. The summed E-state index contributed by atoms with van der Waals surface area (Å²) in [5, 5.41) is 11.5. The SMILES string of the molecule is CC1CCN(c2nnnn2C)C1CCl. The molecule has 0 bridgehead atoms. The fraction of sp³-hybridized carbons (Fsp3) is 0.875. The van der Waals surface area contributed by atoms with Crippen molar-refractivity contribution in [2.75, 3.05) is 17.3 Å². The molecule has 1 aromatic heterocycles. The number of aromatic nitrogens is 4. The highest BCUT2D eigenvalue weighted by molar-refractivity contribution is 6.18. The van der Waals surface area contributed by atoms with E-state index in [4.69, 9.17) is 11.6 Å². The second kappa shape index (κ2) is 3.73. The van der Waals surface area contributed by atoms with Crippen molar-refractivity contribution < 1.29 is 0 Å². The molecule has 0 amide bonds. The van der Waals surface area contributed by atoms with Crippen LogP contribution in [0.25, 0.3) is 0 Å². The highest BCUT2D eigenvalue weighted by Crippen LogP contribution is 2.28. The minimum absolute atomic E-state index is 0.362. The van der Waals surface area contributed by atoms with Crippen molar-refractivity contribution >= 4 is 17.5 Å². The summed E-state index contributed by atoms with van der Waals surface area (Å²) in [7, 11) is 1.85. The van der Waals surface area contributed by atoms with Crippen molar-refractivity contribution in [3.8, 4) is 0 Å². The summed E-state index contributed by atoms with van der Waals surface area (Å²) >= 11 is 5.95. The lowest BCUT2D eigenvalue weighted by Gasteiger charge is -2.24. The van der Waals surface area contributed by atoms with Crippen LogP contribution in [0, 0.1) is 5.92 Å². The van der Waals surface area contributed by atoms with Crippen molar-refractivity contribution in [3.05, 3.63) is 0 Å². The largest absolute Gasteiger partial charge is 0.335 e. The maximum atomic E-state index is 5.95. The van der Waals surface area contributed by atoms with E-state index >= 15 is 0 Å². The zero-order chi connectivity index (χ0) is 10.1. The van der Waals surface area contributed by atoms with Crippen molar-refractivity contribution in [1.82, 2.24) is 20.2 Å². The van der Waals surface area contributed by atoms with Crippen LogP contribution in [0.3, 0.4) is 0 Å². The van der Waals surface area contributed by atoms with Crippen LogP contribution in [0.4, 0.5) is 5.95 Å². The molecular formula is C8H14ClN5. The Kier molecular flexibility index (Phi) is 2.58. The highest BCUT2D eigenvalue weighted by Gasteiger charge is 2.32. The molecule has 1 aliphatic rings. The monoisotopic (exact) mass is 215 g/mol. The Bertz CT molecular complexity index is 312. The average Bonchev–Trinajstić information content (AvgIpc) is 2.71. The van der Waals surface area contributed by atoms with E-state index in [1.54, 1.807) is 4.68 Å². The molecule has 0 saturated carbocycles. The number of rotatable bonds is 2. The van der Waals surface area contributed by atoms with Gasteiger partial charge in [0, 0.05) is 25.5 Å². The molecule has 0 spiro atoms. The molecule has 1 saturated heterocycles. The number of halogens is 1. The average molecular weight is 216 g/mol. The minimum Gasteiger partial charge on any atom is -0.335 e. The van der Waals surface area contributed by atoms with Crippen LogP contribution in [0.15, 0.2) is 0 Å². The minimum atomic E-state index is 0.362. The van der Waals surface area contributed by atoms with E-state index in [1.807, 2.05) is 7.05 Å². The van der Waals surface area contributed by atoms with Gasteiger partial charge in [-0.25, -0.2) is 4.68 Å². The summed E-state index contributed by atoms with van der Waals surface area (Å²) in [4.78, 5) is 2.19. The topological polar surface area (TPSA) is 46.8 Å². The van der Waals surface area contributed by atoms with Gasteiger partial charge >= 0.3 is 0 Å². The van der Waals surface area contributed by atoms with E-state index in [2.05, 4.69) is 27.3 Å². The molecule has 0 aromatic carbocycles. The van der Waals surface area contributed by atoms with Gasteiger partial charge in [0.25, 0.3) is 0 Å². The second-order valence-corrected chi connectivity index (χ2v) is 4.09. The van der Waals surface area contributed by atoms with E-state index in [9.17, 15) is 0 Å². The molecular weight excluding hydrogens is 202 g/mol. The van der Waals surface area contributed by atoms with E-state index < -0.39 is 0 Å². The van der Waals surface area contributed by atoms with Gasteiger partial charge in [-0.2, -0.15) is 0 Å². The van der Waals surface area contributed by atoms with Gasteiger partial charge in [0.1, 0.15) is 0 Å². The first-order valence-electron chi connectivity index (χ1n) is 4.79. The van der Waals surface area contributed by atoms with Gasteiger partial charge in [-0.3, -0.25) is 0 Å². The molecule has 0 aliphatic carbocycles. The molecule has 78 valence electrons. The Hall–Kier alpha value is -0.840. The maximum Gasteiger partial charge on any atom is 0.245 e. The van der Waals surface area contributed by atoms with Gasteiger partial charge in [-0.1, -0.05) is 12.0 Å². The Morgan fingerprint density at radius 3 is 2.93 bits per heavy atom.